The van der Waals surface area contributed by atoms with Gasteiger partial charge in [-0.15, -0.1) is 0 Å². The van der Waals surface area contributed by atoms with Gasteiger partial charge in [-0.2, -0.15) is 0 Å². The highest BCUT2D eigenvalue weighted by molar-refractivity contribution is 7.22. The monoisotopic (exact) mass is 375 g/mol. The number of benzene rings is 1. The minimum absolute atomic E-state index is 0.0676. The molecular weight excluding hydrogens is 350 g/mol. The second-order valence-corrected chi connectivity index (χ2v) is 7.45. The van der Waals surface area contributed by atoms with Crippen LogP contribution in [-0.2, 0) is 9.59 Å². The fourth-order valence-electron chi connectivity index (χ4n) is 3.26. The summed E-state index contributed by atoms with van der Waals surface area (Å²) in [6.07, 6.45) is 3.92. The van der Waals surface area contributed by atoms with Gasteiger partial charge < -0.3 is 15.0 Å². The molecule has 3 rings (SSSR count). The van der Waals surface area contributed by atoms with Crippen LogP contribution in [0.1, 0.15) is 46.0 Å². The largest absolute Gasteiger partial charge is 0.494 e. The van der Waals surface area contributed by atoms with Crippen molar-refractivity contribution >= 4 is 38.5 Å². The van der Waals surface area contributed by atoms with Crippen molar-refractivity contribution in [1.82, 2.24) is 9.88 Å². The summed E-state index contributed by atoms with van der Waals surface area (Å²) in [5.74, 6) is 0.724. The fraction of sp³-hybridized carbons (Fsp3) is 0.526. The molecule has 2 heterocycles. The van der Waals surface area contributed by atoms with Gasteiger partial charge in [-0.1, -0.05) is 18.3 Å². The molecule has 26 heavy (non-hydrogen) atoms. The molecule has 0 aliphatic carbocycles. The number of anilines is 1. The highest BCUT2D eigenvalue weighted by Gasteiger charge is 2.32. The average Bonchev–Trinajstić information content (AvgIpc) is 3.03. The predicted octanol–water partition coefficient (Wildman–Crippen LogP) is 3.81. The number of nitrogens with one attached hydrogen (secondary N) is 1. The van der Waals surface area contributed by atoms with Crippen LogP contribution in [0, 0.1) is 0 Å². The molecule has 2 aromatic rings. The van der Waals surface area contributed by atoms with Crippen LogP contribution in [0.15, 0.2) is 18.2 Å². The van der Waals surface area contributed by atoms with E-state index in [9.17, 15) is 9.59 Å². The number of piperidine rings is 1. The van der Waals surface area contributed by atoms with Gasteiger partial charge in [0, 0.05) is 13.0 Å². The lowest BCUT2D eigenvalue weighted by atomic mass is 10.0. The quantitative estimate of drug-likeness (QED) is 0.833. The van der Waals surface area contributed by atoms with Gasteiger partial charge in [0.05, 0.1) is 16.8 Å². The van der Waals surface area contributed by atoms with Gasteiger partial charge in [-0.25, -0.2) is 4.98 Å². The lowest BCUT2D eigenvalue weighted by Crippen LogP contribution is -2.49. The number of fused-ring (bicyclic) bond motifs is 1. The van der Waals surface area contributed by atoms with Crippen LogP contribution in [0.2, 0.25) is 0 Å². The molecule has 1 aliphatic rings. The van der Waals surface area contributed by atoms with E-state index in [-0.39, 0.29) is 11.8 Å². The van der Waals surface area contributed by atoms with Crippen LogP contribution in [-0.4, -0.2) is 40.9 Å². The molecule has 1 aromatic carbocycles. The summed E-state index contributed by atoms with van der Waals surface area (Å²) in [5, 5.41) is 3.48. The molecule has 1 aliphatic heterocycles. The van der Waals surface area contributed by atoms with Gasteiger partial charge in [0.1, 0.15) is 11.8 Å². The van der Waals surface area contributed by atoms with Gasteiger partial charge in [-0.05, 0) is 50.8 Å². The Morgan fingerprint density at radius 2 is 2.19 bits per heavy atom. The third-order valence-corrected chi connectivity index (χ3v) is 5.42. The van der Waals surface area contributed by atoms with Crippen molar-refractivity contribution < 1.29 is 14.3 Å². The van der Waals surface area contributed by atoms with Crippen molar-refractivity contribution in [3.8, 4) is 5.75 Å². The summed E-state index contributed by atoms with van der Waals surface area (Å²) in [5.41, 5.74) is 0.830. The Morgan fingerprint density at radius 3 is 2.96 bits per heavy atom. The molecule has 1 fully saturated rings. The van der Waals surface area contributed by atoms with E-state index in [0.29, 0.717) is 31.1 Å². The second kappa shape index (κ2) is 8.49. The zero-order valence-corrected chi connectivity index (χ0v) is 16.1. The smallest absolute Gasteiger partial charge is 0.248 e. The molecule has 0 saturated carbocycles. The maximum atomic E-state index is 12.8. The molecule has 6 nitrogen and oxygen atoms in total. The Balaban J connectivity index is 1.73. The van der Waals surface area contributed by atoms with E-state index < -0.39 is 6.04 Å². The first kappa shape index (κ1) is 18.6. The summed E-state index contributed by atoms with van der Waals surface area (Å²) in [6.45, 7) is 5.19. The van der Waals surface area contributed by atoms with E-state index in [1.165, 1.54) is 11.3 Å². The molecule has 0 spiro atoms. The van der Waals surface area contributed by atoms with E-state index in [1.807, 2.05) is 32.0 Å². The maximum absolute atomic E-state index is 12.8. The minimum atomic E-state index is -0.395. The number of ether oxygens (including phenoxy) is 1. The lowest BCUT2D eigenvalue weighted by Gasteiger charge is -2.34. The predicted molar refractivity (Wildman–Crippen MR) is 104 cm³/mol. The lowest BCUT2D eigenvalue weighted by molar-refractivity contribution is -0.140. The van der Waals surface area contributed by atoms with Gasteiger partial charge in [0.2, 0.25) is 11.8 Å². The van der Waals surface area contributed by atoms with Crippen LogP contribution < -0.4 is 10.1 Å². The van der Waals surface area contributed by atoms with Crippen LogP contribution >= 0.6 is 11.3 Å². The Morgan fingerprint density at radius 1 is 1.35 bits per heavy atom. The van der Waals surface area contributed by atoms with E-state index in [1.54, 1.807) is 4.90 Å². The number of thiazole rings is 1. The first-order chi connectivity index (χ1) is 12.6. The number of carbonyl (C=O) groups is 2. The molecule has 0 radical (unpaired) electrons. The van der Waals surface area contributed by atoms with E-state index in [4.69, 9.17) is 4.74 Å². The molecule has 1 unspecified atom stereocenters. The first-order valence-electron chi connectivity index (χ1n) is 9.26. The number of hydrogen-bond acceptors (Lipinski definition) is 5. The number of aromatic nitrogens is 1. The van der Waals surface area contributed by atoms with Crippen molar-refractivity contribution in [3.63, 3.8) is 0 Å². The second-order valence-electron chi connectivity index (χ2n) is 6.42. The van der Waals surface area contributed by atoms with Gasteiger partial charge in [-0.3, -0.25) is 9.59 Å². The van der Waals surface area contributed by atoms with Crippen molar-refractivity contribution in [2.24, 2.45) is 0 Å². The summed E-state index contributed by atoms with van der Waals surface area (Å²) in [4.78, 5) is 31.3. The summed E-state index contributed by atoms with van der Waals surface area (Å²) in [7, 11) is 0. The van der Waals surface area contributed by atoms with Crippen LogP contribution in [0.4, 0.5) is 5.13 Å². The summed E-state index contributed by atoms with van der Waals surface area (Å²) in [6, 6.07) is 5.31. The Hall–Kier alpha value is -2.15. The number of nitrogens with zero attached hydrogens (tertiary/aromatic N) is 2. The maximum Gasteiger partial charge on any atom is 0.248 e. The highest BCUT2D eigenvalue weighted by atomic mass is 32.1. The van der Waals surface area contributed by atoms with Gasteiger partial charge in [0.25, 0.3) is 0 Å². The van der Waals surface area contributed by atoms with Crippen molar-refractivity contribution in [2.75, 3.05) is 18.5 Å². The zero-order chi connectivity index (χ0) is 18.5. The first-order valence-corrected chi connectivity index (χ1v) is 10.1. The normalized spacial score (nSPS) is 17.3. The molecule has 1 atom stereocenters. The third kappa shape index (κ3) is 4.15. The Labute approximate surface area is 157 Å². The number of likely N-dealkylation sites (tertiary alicyclic amines) is 1. The molecule has 1 aromatic heterocycles. The average molecular weight is 375 g/mol. The van der Waals surface area contributed by atoms with Crippen molar-refractivity contribution in [2.45, 2.75) is 52.0 Å². The number of amides is 2. The third-order valence-electron chi connectivity index (χ3n) is 4.49. The van der Waals surface area contributed by atoms with Gasteiger partial charge >= 0.3 is 0 Å². The fourth-order valence-corrected chi connectivity index (χ4v) is 4.16. The number of rotatable bonds is 6. The van der Waals surface area contributed by atoms with Crippen LogP contribution in [0.5, 0.6) is 5.75 Å². The number of hydrogen-bond donors (Lipinski definition) is 1. The summed E-state index contributed by atoms with van der Waals surface area (Å²) >= 11 is 1.42. The highest BCUT2D eigenvalue weighted by Crippen LogP contribution is 2.30. The number of carbonyl (C=O) groups excluding carboxylic acids is 2. The molecule has 140 valence electrons. The molecule has 0 bridgehead atoms. The topological polar surface area (TPSA) is 71.5 Å². The summed E-state index contributed by atoms with van der Waals surface area (Å²) < 4.78 is 6.48. The van der Waals surface area contributed by atoms with Crippen LogP contribution in [0.25, 0.3) is 10.2 Å². The SMILES string of the molecule is CCCC(=O)N1CCCCC1C(=O)Nc1nc2ccc(OCC)cc2s1. The van der Waals surface area contributed by atoms with E-state index in [2.05, 4.69) is 10.3 Å². The zero-order valence-electron chi connectivity index (χ0n) is 15.3. The van der Waals surface area contributed by atoms with Crippen molar-refractivity contribution in [3.05, 3.63) is 18.2 Å². The Bertz CT molecular complexity index is 789. The van der Waals surface area contributed by atoms with Crippen molar-refractivity contribution in [1.29, 1.82) is 0 Å². The van der Waals surface area contributed by atoms with Gasteiger partial charge in [0.15, 0.2) is 5.13 Å². The standard InChI is InChI=1S/C19H25N3O3S/c1-3-7-17(23)22-11-6-5-8-15(22)18(24)21-19-20-14-10-9-13(25-4-2)12-16(14)26-19/h9-10,12,15H,3-8,11H2,1-2H3,(H,20,21,24). The molecule has 2 amide bonds. The van der Waals surface area contributed by atoms with E-state index in [0.717, 1.165) is 35.2 Å². The molecule has 1 saturated heterocycles. The van der Waals surface area contributed by atoms with Crippen LogP contribution in [0.3, 0.4) is 0 Å². The molecular formula is C19H25N3O3S. The Kier molecular flexibility index (Phi) is 6.08. The van der Waals surface area contributed by atoms with E-state index >= 15 is 0 Å². The molecule has 7 heteroatoms. The molecule has 1 N–H and O–H groups in total. The minimum Gasteiger partial charge on any atom is -0.494 e.